The lowest BCUT2D eigenvalue weighted by Crippen LogP contribution is -2.55. The van der Waals surface area contributed by atoms with Crippen molar-refractivity contribution in [2.75, 3.05) is 5.75 Å². The van der Waals surface area contributed by atoms with Crippen LogP contribution < -0.4 is 4.74 Å². The molecule has 1 saturated heterocycles. The standard InChI is InChI=1S/C21H22N2O7S/c1-12(24)27-18-11-31-21(20(29-14(3)26)19(18)28-13(2)25)30-17-8-16(9-23-10-17)15-4-6-22-7-5-15/h4-10,18-21H,11H2,1-3H3/t18-,19+,20-,21?/m1/s1. The number of thioether (sulfide) groups is 1. The molecule has 0 N–H and O–H groups in total. The molecule has 9 nitrogen and oxygen atoms in total. The van der Waals surface area contributed by atoms with E-state index in [1.54, 1.807) is 24.7 Å². The van der Waals surface area contributed by atoms with Crippen molar-refractivity contribution in [3.05, 3.63) is 43.0 Å². The van der Waals surface area contributed by atoms with Gasteiger partial charge in [-0.1, -0.05) is 0 Å². The number of ether oxygens (including phenoxy) is 4. The summed E-state index contributed by atoms with van der Waals surface area (Å²) >= 11 is 1.28. The molecule has 31 heavy (non-hydrogen) atoms. The summed E-state index contributed by atoms with van der Waals surface area (Å²) in [6.45, 7) is 3.73. The Labute approximate surface area is 183 Å². The Morgan fingerprint density at radius 2 is 1.52 bits per heavy atom. The molecule has 0 aliphatic carbocycles. The second kappa shape index (κ2) is 10.3. The van der Waals surface area contributed by atoms with Gasteiger partial charge in [0.05, 0.1) is 6.20 Å². The van der Waals surface area contributed by atoms with Gasteiger partial charge in [0.15, 0.2) is 23.7 Å². The van der Waals surface area contributed by atoms with E-state index in [2.05, 4.69) is 9.97 Å². The molecule has 3 rings (SSSR count). The Bertz CT molecular complexity index is 940. The average molecular weight is 446 g/mol. The third-order valence-corrected chi connectivity index (χ3v) is 5.50. The van der Waals surface area contributed by atoms with E-state index in [9.17, 15) is 14.4 Å². The number of rotatable bonds is 6. The van der Waals surface area contributed by atoms with Crippen LogP contribution in [0, 0.1) is 0 Å². The molecule has 0 radical (unpaired) electrons. The quantitative estimate of drug-likeness (QED) is 0.484. The van der Waals surface area contributed by atoms with Gasteiger partial charge in [0.2, 0.25) is 0 Å². The minimum atomic E-state index is -1.01. The number of hydrogen-bond acceptors (Lipinski definition) is 10. The van der Waals surface area contributed by atoms with Gasteiger partial charge in [-0.2, -0.15) is 0 Å². The smallest absolute Gasteiger partial charge is 0.303 e. The molecule has 164 valence electrons. The largest absolute Gasteiger partial charge is 0.474 e. The molecular weight excluding hydrogens is 424 g/mol. The first-order valence-corrected chi connectivity index (χ1v) is 10.5. The molecule has 0 spiro atoms. The lowest BCUT2D eigenvalue weighted by Gasteiger charge is -2.39. The fourth-order valence-corrected chi connectivity index (χ4v) is 4.35. The van der Waals surface area contributed by atoms with Gasteiger partial charge in [0.25, 0.3) is 0 Å². The zero-order valence-electron chi connectivity index (χ0n) is 17.2. The van der Waals surface area contributed by atoms with Crippen molar-refractivity contribution < 1.29 is 33.3 Å². The maximum absolute atomic E-state index is 11.8. The summed E-state index contributed by atoms with van der Waals surface area (Å²) < 4.78 is 22.2. The first kappa shape index (κ1) is 22.5. The SMILES string of the molecule is CC(=O)O[C@H]1[C@H](OC(C)=O)CSC(Oc2cncc(-c3ccncc3)c2)[C@@H]1OC(C)=O. The summed E-state index contributed by atoms with van der Waals surface area (Å²) in [5.74, 6) is -0.971. The van der Waals surface area contributed by atoms with Crippen LogP contribution in [0.2, 0.25) is 0 Å². The van der Waals surface area contributed by atoms with Crippen LogP contribution in [0.4, 0.5) is 0 Å². The van der Waals surface area contributed by atoms with Gasteiger partial charge in [-0.25, -0.2) is 0 Å². The van der Waals surface area contributed by atoms with Gasteiger partial charge < -0.3 is 18.9 Å². The van der Waals surface area contributed by atoms with Crippen molar-refractivity contribution in [2.45, 2.75) is 44.5 Å². The van der Waals surface area contributed by atoms with E-state index in [4.69, 9.17) is 18.9 Å². The number of hydrogen-bond donors (Lipinski definition) is 0. The van der Waals surface area contributed by atoms with Crippen molar-refractivity contribution in [1.29, 1.82) is 0 Å². The average Bonchev–Trinajstić information content (AvgIpc) is 2.72. The fraction of sp³-hybridized carbons (Fsp3) is 0.381. The summed E-state index contributed by atoms with van der Waals surface area (Å²) in [6.07, 6.45) is 3.80. The molecule has 10 heteroatoms. The van der Waals surface area contributed by atoms with Crippen molar-refractivity contribution in [3.63, 3.8) is 0 Å². The summed E-state index contributed by atoms with van der Waals surface area (Å²) in [6, 6.07) is 5.49. The van der Waals surface area contributed by atoms with Crippen LogP contribution in [0.3, 0.4) is 0 Å². The van der Waals surface area contributed by atoms with Crippen LogP contribution in [0.1, 0.15) is 20.8 Å². The summed E-state index contributed by atoms with van der Waals surface area (Å²) in [5.41, 5.74) is 1.02. The van der Waals surface area contributed by atoms with E-state index >= 15 is 0 Å². The highest BCUT2D eigenvalue weighted by Crippen LogP contribution is 2.34. The van der Waals surface area contributed by atoms with Crippen molar-refractivity contribution in [3.8, 4) is 16.9 Å². The van der Waals surface area contributed by atoms with E-state index in [1.807, 2.05) is 12.1 Å². The van der Waals surface area contributed by atoms with E-state index < -0.39 is 41.7 Å². The molecule has 1 aliphatic rings. The summed E-state index contributed by atoms with van der Waals surface area (Å²) in [5, 5.41) is 0. The van der Waals surface area contributed by atoms with E-state index in [-0.39, 0.29) is 5.75 Å². The number of nitrogens with zero attached hydrogens (tertiary/aromatic N) is 2. The first-order chi connectivity index (χ1) is 14.8. The second-order valence-electron chi connectivity index (χ2n) is 6.76. The molecule has 2 aromatic rings. The van der Waals surface area contributed by atoms with Crippen LogP contribution in [0.25, 0.3) is 11.1 Å². The van der Waals surface area contributed by atoms with Gasteiger partial charge in [0, 0.05) is 50.7 Å². The Morgan fingerprint density at radius 3 is 2.16 bits per heavy atom. The van der Waals surface area contributed by atoms with Gasteiger partial charge in [-0.15, -0.1) is 11.8 Å². The summed E-state index contributed by atoms with van der Waals surface area (Å²) in [4.78, 5) is 43.1. The Hall–Kier alpha value is -3.14. The molecule has 1 unspecified atom stereocenters. The van der Waals surface area contributed by atoms with Crippen molar-refractivity contribution in [1.82, 2.24) is 9.97 Å². The molecule has 0 amide bonds. The highest BCUT2D eigenvalue weighted by Gasteiger charge is 2.47. The first-order valence-electron chi connectivity index (χ1n) is 9.49. The van der Waals surface area contributed by atoms with Gasteiger partial charge >= 0.3 is 17.9 Å². The third-order valence-electron chi connectivity index (χ3n) is 4.28. The Morgan fingerprint density at radius 1 is 0.871 bits per heavy atom. The van der Waals surface area contributed by atoms with Crippen LogP contribution in [-0.4, -0.2) is 57.4 Å². The normalized spacial score (nSPS) is 22.8. The molecule has 0 bridgehead atoms. The molecule has 0 saturated carbocycles. The maximum atomic E-state index is 11.8. The predicted octanol–water partition coefficient (Wildman–Crippen LogP) is 2.39. The van der Waals surface area contributed by atoms with Crippen LogP contribution in [0.5, 0.6) is 5.75 Å². The molecule has 0 aromatic carbocycles. The van der Waals surface area contributed by atoms with Crippen LogP contribution in [-0.2, 0) is 28.6 Å². The number of esters is 3. The predicted molar refractivity (Wildman–Crippen MR) is 111 cm³/mol. The van der Waals surface area contributed by atoms with Crippen molar-refractivity contribution in [2.24, 2.45) is 0 Å². The molecule has 4 atom stereocenters. The monoisotopic (exact) mass is 446 g/mol. The number of pyridine rings is 2. The Kier molecular flexibility index (Phi) is 7.45. The molecule has 1 fully saturated rings. The minimum absolute atomic E-state index is 0.289. The van der Waals surface area contributed by atoms with Crippen LogP contribution >= 0.6 is 11.8 Å². The lowest BCUT2D eigenvalue weighted by atomic mass is 10.1. The highest BCUT2D eigenvalue weighted by molar-refractivity contribution is 7.99. The topological polar surface area (TPSA) is 114 Å². The molecule has 1 aliphatic heterocycles. The van der Waals surface area contributed by atoms with E-state index in [0.29, 0.717) is 5.75 Å². The number of carbonyl (C=O) groups excluding carboxylic acids is 3. The summed E-state index contributed by atoms with van der Waals surface area (Å²) in [7, 11) is 0. The van der Waals surface area contributed by atoms with Crippen LogP contribution in [0.15, 0.2) is 43.0 Å². The van der Waals surface area contributed by atoms with Crippen molar-refractivity contribution >= 4 is 29.7 Å². The van der Waals surface area contributed by atoms with Gasteiger partial charge in [-0.05, 0) is 23.8 Å². The maximum Gasteiger partial charge on any atom is 0.303 e. The zero-order valence-corrected chi connectivity index (χ0v) is 18.0. The highest BCUT2D eigenvalue weighted by atomic mass is 32.2. The fourth-order valence-electron chi connectivity index (χ4n) is 3.13. The third kappa shape index (κ3) is 6.17. The number of carbonyl (C=O) groups is 3. The molecule has 2 aromatic heterocycles. The van der Waals surface area contributed by atoms with Gasteiger partial charge in [0.1, 0.15) is 5.75 Å². The zero-order chi connectivity index (χ0) is 22.4. The molecular formula is C21H22N2O7S. The van der Waals surface area contributed by atoms with E-state index in [0.717, 1.165) is 11.1 Å². The Balaban J connectivity index is 1.86. The van der Waals surface area contributed by atoms with Gasteiger partial charge in [-0.3, -0.25) is 24.4 Å². The number of aromatic nitrogens is 2. The van der Waals surface area contributed by atoms with E-state index in [1.165, 1.54) is 38.7 Å². The minimum Gasteiger partial charge on any atom is -0.474 e. The lowest BCUT2D eigenvalue weighted by molar-refractivity contribution is -0.186. The molecule has 3 heterocycles. The second-order valence-corrected chi connectivity index (χ2v) is 7.89.